The monoisotopic (exact) mass is 231 g/mol. The molecule has 0 saturated carbocycles. The molecule has 0 unspecified atom stereocenters. The Bertz CT molecular complexity index is 569. The first kappa shape index (κ1) is 11.1. The van der Waals surface area contributed by atoms with Gasteiger partial charge in [0.15, 0.2) is 0 Å². The predicted octanol–water partition coefficient (Wildman–Crippen LogP) is 1.44. The highest BCUT2D eigenvalue weighted by Crippen LogP contribution is 2.16. The van der Waals surface area contributed by atoms with E-state index in [0.717, 1.165) is 5.69 Å². The predicted molar refractivity (Wildman–Crippen MR) is 59.4 cm³/mol. The Morgan fingerprint density at radius 3 is 3.00 bits per heavy atom. The van der Waals surface area contributed by atoms with Gasteiger partial charge in [-0.15, -0.1) is 5.10 Å². The second-order valence-electron chi connectivity index (χ2n) is 3.50. The van der Waals surface area contributed by atoms with E-state index in [-0.39, 0.29) is 5.56 Å². The van der Waals surface area contributed by atoms with Crippen molar-refractivity contribution in [3.8, 4) is 6.07 Å². The average Bonchev–Trinajstić information content (AvgIpc) is 2.73. The van der Waals surface area contributed by atoms with Gasteiger partial charge in [-0.1, -0.05) is 5.21 Å². The molecule has 0 aliphatic carbocycles. The van der Waals surface area contributed by atoms with Gasteiger partial charge in [-0.2, -0.15) is 5.26 Å². The largest absolute Gasteiger partial charge is 0.378 e. The smallest absolute Gasteiger partial charge is 0.124 e. The van der Waals surface area contributed by atoms with Gasteiger partial charge in [0.2, 0.25) is 0 Å². The first-order valence-electron chi connectivity index (χ1n) is 4.98. The fourth-order valence-corrected chi connectivity index (χ4v) is 1.42. The molecule has 0 aliphatic heterocycles. The van der Waals surface area contributed by atoms with Crippen molar-refractivity contribution in [2.75, 3.05) is 5.32 Å². The molecule has 1 heterocycles. The van der Waals surface area contributed by atoms with Crippen LogP contribution in [-0.4, -0.2) is 15.0 Å². The van der Waals surface area contributed by atoms with Crippen molar-refractivity contribution in [2.45, 2.75) is 6.54 Å². The molecule has 1 N–H and O–H groups in total. The Balaban J connectivity index is 2.15. The van der Waals surface area contributed by atoms with Gasteiger partial charge in [-0.25, -0.2) is 4.39 Å². The number of rotatable bonds is 3. The maximum atomic E-state index is 12.9. The summed E-state index contributed by atoms with van der Waals surface area (Å²) in [6.45, 7) is 0.476. The summed E-state index contributed by atoms with van der Waals surface area (Å²) in [5.41, 5.74) is 1.74. The molecule has 86 valence electrons. The molecular weight excluding hydrogens is 221 g/mol. The highest BCUT2D eigenvalue weighted by atomic mass is 19.1. The highest BCUT2D eigenvalue weighted by Gasteiger charge is 2.05. The van der Waals surface area contributed by atoms with Crippen LogP contribution in [0.25, 0.3) is 0 Å². The molecule has 6 heteroatoms. The topological polar surface area (TPSA) is 66.5 Å². The van der Waals surface area contributed by atoms with Crippen molar-refractivity contribution in [2.24, 2.45) is 7.05 Å². The summed E-state index contributed by atoms with van der Waals surface area (Å²) in [5, 5.41) is 19.4. The van der Waals surface area contributed by atoms with Crippen LogP contribution in [0.4, 0.5) is 10.1 Å². The Labute approximate surface area is 97.5 Å². The Morgan fingerprint density at radius 2 is 2.35 bits per heavy atom. The molecule has 0 radical (unpaired) electrons. The summed E-state index contributed by atoms with van der Waals surface area (Å²) >= 11 is 0. The summed E-state index contributed by atoms with van der Waals surface area (Å²) in [6.07, 6.45) is 1.63. The molecule has 1 aromatic carbocycles. The van der Waals surface area contributed by atoms with Gasteiger partial charge in [0.05, 0.1) is 29.7 Å². The Kier molecular flexibility index (Phi) is 3.01. The van der Waals surface area contributed by atoms with Crippen molar-refractivity contribution in [1.82, 2.24) is 15.0 Å². The third-order valence-corrected chi connectivity index (χ3v) is 2.37. The zero-order valence-electron chi connectivity index (χ0n) is 9.18. The lowest BCUT2D eigenvalue weighted by Gasteiger charge is -2.07. The highest BCUT2D eigenvalue weighted by molar-refractivity contribution is 5.57. The van der Waals surface area contributed by atoms with Gasteiger partial charge in [-0.3, -0.25) is 4.68 Å². The molecule has 2 rings (SSSR count). The van der Waals surface area contributed by atoms with Gasteiger partial charge in [0.25, 0.3) is 0 Å². The minimum Gasteiger partial charge on any atom is -0.378 e. The lowest BCUT2D eigenvalue weighted by atomic mass is 10.2. The number of benzene rings is 1. The van der Waals surface area contributed by atoms with Crippen LogP contribution >= 0.6 is 0 Å². The van der Waals surface area contributed by atoms with Crippen LogP contribution in [0.5, 0.6) is 0 Å². The maximum Gasteiger partial charge on any atom is 0.124 e. The van der Waals surface area contributed by atoms with E-state index < -0.39 is 5.82 Å². The molecule has 2 aromatic rings. The van der Waals surface area contributed by atoms with Crippen LogP contribution in [0, 0.1) is 17.1 Å². The zero-order chi connectivity index (χ0) is 12.3. The number of aryl methyl sites for hydroxylation is 1. The van der Waals surface area contributed by atoms with Crippen LogP contribution in [0.15, 0.2) is 24.4 Å². The number of nitrogens with one attached hydrogen (secondary N) is 1. The number of hydrogen-bond donors (Lipinski definition) is 1. The standard InChI is InChI=1S/C11H10FN5/c1-17-10(7-15-16-17)6-14-11-3-2-9(12)4-8(11)5-13/h2-4,7,14H,6H2,1H3. The van der Waals surface area contributed by atoms with E-state index in [4.69, 9.17) is 5.26 Å². The van der Waals surface area contributed by atoms with Crippen molar-refractivity contribution in [3.63, 3.8) is 0 Å². The zero-order valence-corrected chi connectivity index (χ0v) is 9.18. The van der Waals surface area contributed by atoms with Gasteiger partial charge in [0, 0.05) is 7.05 Å². The molecule has 0 spiro atoms. The molecule has 0 bridgehead atoms. The first-order valence-corrected chi connectivity index (χ1v) is 4.98. The second kappa shape index (κ2) is 4.61. The number of anilines is 1. The van der Waals surface area contributed by atoms with E-state index in [2.05, 4.69) is 15.6 Å². The fourth-order valence-electron chi connectivity index (χ4n) is 1.42. The van der Waals surface area contributed by atoms with E-state index >= 15 is 0 Å². The first-order chi connectivity index (χ1) is 8.20. The Morgan fingerprint density at radius 1 is 1.53 bits per heavy atom. The quantitative estimate of drug-likeness (QED) is 0.867. The molecule has 0 amide bonds. The second-order valence-corrected chi connectivity index (χ2v) is 3.50. The van der Waals surface area contributed by atoms with Crippen LogP contribution in [0.3, 0.4) is 0 Å². The third-order valence-electron chi connectivity index (χ3n) is 2.37. The molecule has 0 fully saturated rings. The average molecular weight is 231 g/mol. The van der Waals surface area contributed by atoms with E-state index in [1.165, 1.54) is 18.2 Å². The summed E-state index contributed by atoms with van der Waals surface area (Å²) in [4.78, 5) is 0. The van der Waals surface area contributed by atoms with Crippen molar-refractivity contribution in [1.29, 1.82) is 5.26 Å². The van der Waals surface area contributed by atoms with E-state index in [9.17, 15) is 4.39 Å². The van der Waals surface area contributed by atoms with Crippen LogP contribution in [0.2, 0.25) is 0 Å². The van der Waals surface area contributed by atoms with E-state index in [1.807, 2.05) is 6.07 Å². The number of nitriles is 1. The van der Waals surface area contributed by atoms with Crippen molar-refractivity contribution in [3.05, 3.63) is 41.5 Å². The normalized spacial score (nSPS) is 9.94. The molecule has 0 saturated heterocycles. The third kappa shape index (κ3) is 2.39. The fraction of sp³-hybridized carbons (Fsp3) is 0.182. The molecular formula is C11H10FN5. The number of nitrogens with zero attached hydrogens (tertiary/aromatic N) is 4. The van der Waals surface area contributed by atoms with Gasteiger partial charge in [0.1, 0.15) is 11.9 Å². The molecule has 1 aromatic heterocycles. The summed E-state index contributed by atoms with van der Waals surface area (Å²) in [7, 11) is 1.78. The summed E-state index contributed by atoms with van der Waals surface area (Å²) in [5.74, 6) is -0.422. The van der Waals surface area contributed by atoms with Crippen molar-refractivity contribution >= 4 is 5.69 Å². The summed E-state index contributed by atoms with van der Waals surface area (Å²) in [6, 6.07) is 5.99. The van der Waals surface area contributed by atoms with Crippen molar-refractivity contribution < 1.29 is 4.39 Å². The number of halogens is 1. The lowest BCUT2D eigenvalue weighted by Crippen LogP contribution is -2.06. The molecule has 0 aliphatic rings. The number of aromatic nitrogens is 3. The van der Waals surface area contributed by atoms with Gasteiger partial charge < -0.3 is 5.32 Å². The lowest BCUT2D eigenvalue weighted by molar-refractivity contribution is 0.627. The maximum absolute atomic E-state index is 12.9. The summed E-state index contributed by atoms with van der Waals surface area (Å²) < 4.78 is 14.5. The SMILES string of the molecule is Cn1nncc1CNc1ccc(F)cc1C#N. The minimum atomic E-state index is -0.422. The van der Waals surface area contributed by atoms with E-state index in [1.54, 1.807) is 17.9 Å². The molecule has 5 nitrogen and oxygen atoms in total. The van der Waals surface area contributed by atoms with E-state index in [0.29, 0.717) is 12.2 Å². The molecule has 0 atom stereocenters. The van der Waals surface area contributed by atoms with Crippen LogP contribution < -0.4 is 5.32 Å². The van der Waals surface area contributed by atoms with Crippen LogP contribution in [-0.2, 0) is 13.6 Å². The van der Waals surface area contributed by atoms with Crippen LogP contribution in [0.1, 0.15) is 11.3 Å². The number of hydrogen-bond acceptors (Lipinski definition) is 4. The minimum absolute atomic E-state index is 0.278. The Hall–Kier alpha value is -2.42. The molecule has 17 heavy (non-hydrogen) atoms. The van der Waals surface area contributed by atoms with Gasteiger partial charge in [-0.05, 0) is 18.2 Å². The van der Waals surface area contributed by atoms with Gasteiger partial charge >= 0.3 is 0 Å².